The maximum Gasteiger partial charge on any atom is 0.320 e. The Morgan fingerprint density at radius 1 is 1.38 bits per heavy atom. The first kappa shape index (κ1) is 11.1. The number of benzene rings is 1. The number of rotatable bonds is 4. The molecule has 0 aromatic heterocycles. The van der Waals surface area contributed by atoms with E-state index >= 15 is 0 Å². The summed E-state index contributed by atoms with van der Waals surface area (Å²) in [6, 6.07) is 7.55. The van der Waals surface area contributed by atoms with Crippen molar-refractivity contribution in [3.63, 3.8) is 0 Å². The van der Waals surface area contributed by atoms with Crippen LogP contribution in [0.5, 0.6) is 0 Å². The molecule has 4 heteroatoms. The highest BCUT2D eigenvalue weighted by Gasteiger charge is 2.19. The number of carboxylic acids is 1. The Morgan fingerprint density at radius 3 is 2.44 bits per heavy atom. The van der Waals surface area contributed by atoms with Crippen molar-refractivity contribution < 1.29 is 9.90 Å². The van der Waals surface area contributed by atoms with Gasteiger partial charge in [0.25, 0.3) is 0 Å². The molecule has 16 heavy (non-hydrogen) atoms. The molecule has 0 aliphatic carbocycles. The average molecular weight is 220 g/mol. The SMILES string of the molecule is NC(CCN1Cc2ccccc2C1)C(=O)O. The van der Waals surface area contributed by atoms with Crippen LogP contribution in [0.3, 0.4) is 0 Å². The predicted molar refractivity (Wildman–Crippen MR) is 60.8 cm³/mol. The molecule has 0 saturated heterocycles. The first-order valence-electron chi connectivity index (χ1n) is 5.44. The van der Waals surface area contributed by atoms with E-state index in [0.29, 0.717) is 6.42 Å². The van der Waals surface area contributed by atoms with E-state index in [1.165, 1.54) is 11.1 Å². The molecule has 0 radical (unpaired) electrons. The molecule has 1 aliphatic heterocycles. The Kier molecular flexibility index (Phi) is 3.22. The van der Waals surface area contributed by atoms with Gasteiger partial charge < -0.3 is 10.8 Å². The van der Waals surface area contributed by atoms with Gasteiger partial charge in [0.05, 0.1) is 0 Å². The van der Waals surface area contributed by atoms with E-state index in [1.54, 1.807) is 0 Å². The predicted octanol–water partition coefficient (Wildman–Crippen LogP) is 0.804. The highest BCUT2D eigenvalue weighted by atomic mass is 16.4. The fraction of sp³-hybridized carbons (Fsp3) is 0.417. The van der Waals surface area contributed by atoms with Crippen molar-refractivity contribution in [2.24, 2.45) is 5.73 Å². The lowest BCUT2D eigenvalue weighted by Crippen LogP contribution is -2.34. The van der Waals surface area contributed by atoms with E-state index in [0.717, 1.165) is 19.6 Å². The van der Waals surface area contributed by atoms with E-state index < -0.39 is 12.0 Å². The molecule has 86 valence electrons. The molecule has 3 N–H and O–H groups in total. The van der Waals surface area contributed by atoms with Crippen molar-refractivity contribution >= 4 is 5.97 Å². The fourth-order valence-electron chi connectivity index (χ4n) is 2.01. The maximum absolute atomic E-state index is 10.6. The summed E-state index contributed by atoms with van der Waals surface area (Å²) >= 11 is 0. The van der Waals surface area contributed by atoms with Crippen LogP contribution >= 0.6 is 0 Å². The molecule has 0 fully saturated rings. The molecule has 0 spiro atoms. The van der Waals surface area contributed by atoms with Gasteiger partial charge in [0.15, 0.2) is 0 Å². The fourth-order valence-corrected chi connectivity index (χ4v) is 2.01. The molecule has 2 rings (SSSR count). The van der Waals surface area contributed by atoms with Crippen LogP contribution in [0.4, 0.5) is 0 Å². The number of nitrogens with two attached hydrogens (primary N) is 1. The topological polar surface area (TPSA) is 66.6 Å². The monoisotopic (exact) mass is 220 g/mol. The lowest BCUT2D eigenvalue weighted by atomic mass is 10.1. The van der Waals surface area contributed by atoms with Crippen molar-refractivity contribution in [1.82, 2.24) is 4.90 Å². The standard InChI is InChI=1S/C12H16N2O2/c13-11(12(15)16)5-6-14-7-9-3-1-2-4-10(9)8-14/h1-4,11H,5-8,13H2,(H,15,16). The molecule has 0 bridgehead atoms. The lowest BCUT2D eigenvalue weighted by molar-refractivity contribution is -0.138. The second-order valence-corrected chi connectivity index (χ2v) is 4.21. The molecule has 0 saturated carbocycles. The largest absolute Gasteiger partial charge is 0.480 e. The first-order valence-corrected chi connectivity index (χ1v) is 5.44. The number of fused-ring (bicyclic) bond motifs is 1. The van der Waals surface area contributed by atoms with Gasteiger partial charge in [-0.1, -0.05) is 24.3 Å². The Morgan fingerprint density at radius 2 is 1.94 bits per heavy atom. The van der Waals surface area contributed by atoms with Gasteiger partial charge in [0.2, 0.25) is 0 Å². The Balaban J connectivity index is 1.86. The van der Waals surface area contributed by atoms with Crippen LogP contribution in [-0.4, -0.2) is 28.6 Å². The van der Waals surface area contributed by atoms with E-state index in [9.17, 15) is 4.79 Å². The first-order chi connectivity index (χ1) is 7.66. The minimum atomic E-state index is -0.920. The lowest BCUT2D eigenvalue weighted by Gasteiger charge is -2.15. The summed E-state index contributed by atoms with van der Waals surface area (Å²) in [4.78, 5) is 12.8. The van der Waals surface area contributed by atoms with Crippen molar-refractivity contribution in [1.29, 1.82) is 0 Å². The summed E-state index contributed by atoms with van der Waals surface area (Å²) in [7, 11) is 0. The Bertz CT molecular complexity index is 367. The van der Waals surface area contributed by atoms with Crippen LogP contribution in [0, 0.1) is 0 Å². The quantitative estimate of drug-likeness (QED) is 0.787. The van der Waals surface area contributed by atoms with Crippen LogP contribution in [0.25, 0.3) is 0 Å². The van der Waals surface area contributed by atoms with Gasteiger partial charge in [-0.2, -0.15) is 0 Å². The van der Waals surface area contributed by atoms with E-state index in [-0.39, 0.29) is 0 Å². The summed E-state index contributed by atoms with van der Waals surface area (Å²) in [6.07, 6.45) is 0.503. The van der Waals surface area contributed by atoms with Crippen molar-refractivity contribution in [2.75, 3.05) is 6.54 Å². The van der Waals surface area contributed by atoms with Gasteiger partial charge in [0, 0.05) is 19.6 Å². The second-order valence-electron chi connectivity index (χ2n) is 4.21. The van der Waals surface area contributed by atoms with E-state index in [4.69, 9.17) is 10.8 Å². The normalized spacial score (nSPS) is 17.1. The number of aliphatic carboxylic acids is 1. The van der Waals surface area contributed by atoms with Gasteiger partial charge in [-0.15, -0.1) is 0 Å². The molecule has 1 aromatic rings. The number of carboxylic acid groups (broad SMARTS) is 1. The van der Waals surface area contributed by atoms with Gasteiger partial charge in [-0.25, -0.2) is 0 Å². The van der Waals surface area contributed by atoms with Crippen LogP contribution < -0.4 is 5.73 Å². The highest BCUT2D eigenvalue weighted by Crippen LogP contribution is 2.22. The van der Waals surface area contributed by atoms with Crippen molar-refractivity contribution in [2.45, 2.75) is 25.6 Å². The van der Waals surface area contributed by atoms with Gasteiger partial charge in [0.1, 0.15) is 6.04 Å². The van der Waals surface area contributed by atoms with Crippen LogP contribution in [0.1, 0.15) is 17.5 Å². The van der Waals surface area contributed by atoms with Crippen LogP contribution in [0.2, 0.25) is 0 Å². The molecular weight excluding hydrogens is 204 g/mol. The number of carbonyl (C=O) groups is 1. The molecule has 1 atom stereocenters. The number of nitrogens with zero attached hydrogens (tertiary/aromatic N) is 1. The highest BCUT2D eigenvalue weighted by molar-refractivity contribution is 5.72. The summed E-state index contributed by atoms with van der Waals surface area (Å²) in [6.45, 7) is 2.55. The molecule has 1 aliphatic rings. The molecule has 1 unspecified atom stereocenters. The van der Waals surface area contributed by atoms with Gasteiger partial charge >= 0.3 is 5.97 Å². The number of hydrogen-bond donors (Lipinski definition) is 2. The van der Waals surface area contributed by atoms with Gasteiger partial charge in [-0.05, 0) is 17.5 Å². The second kappa shape index (κ2) is 4.63. The average Bonchev–Trinajstić information content (AvgIpc) is 2.68. The zero-order valence-electron chi connectivity index (χ0n) is 9.10. The summed E-state index contributed by atoms with van der Waals surface area (Å²) < 4.78 is 0. The third-order valence-electron chi connectivity index (χ3n) is 2.98. The molecule has 4 nitrogen and oxygen atoms in total. The van der Waals surface area contributed by atoms with Crippen LogP contribution in [-0.2, 0) is 17.9 Å². The third kappa shape index (κ3) is 2.40. The van der Waals surface area contributed by atoms with Crippen molar-refractivity contribution in [3.8, 4) is 0 Å². The smallest absolute Gasteiger partial charge is 0.320 e. The van der Waals surface area contributed by atoms with Crippen LogP contribution in [0.15, 0.2) is 24.3 Å². The van der Waals surface area contributed by atoms with Crippen molar-refractivity contribution in [3.05, 3.63) is 35.4 Å². The summed E-state index contributed by atoms with van der Waals surface area (Å²) in [5.74, 6) is -0.920. The number of hydrogen-bond acceptors (Lipinski definition) is 3. The Labute approximate surface area is 94.7 Å². The molecule has 0 amide bonds. The zero-order chi connectivity index (χ0) is 11.5. The van der Waals surface area contributed by atoms with E-state index in [1.807, 2.05) is 12.1 Å². The molecule has 1 aromatic carbocycles. The zero-order valence-corrected chi connectivity index (χ0v) is 9.10. The summed E-state index contributed by atoms with van der Waals surface area (Å²) in [5.41, 5.74) is 8.15. The third-order valence-corrected chi connectivity index (χ3v) is 2.98. The summed E-state index contributed by atoms with van der Waals surface area (Å²) in [5, 5.41) is 8.69. The minimum absolute atomic E-state index is 0.503. The maximum atomic E-state index is 10.6. The molecule has 1 heterocycles. The van der Waals surface area contributed by atoms with E-state index in [2.05, 4.69) is 17.0 Å². The minimum Gasteiger partial charge on any atom is -0.480 e. The Hall–Kier alpha value is -1.39. The molecular formula is C12H16N2O2. The van der Waals surface area contributed by atoms with Gasteiger partial charge in [-0.3, -0.25) is 9.69 Å².